The van der Waals surface area contributed by atoms with Crippen molar-refractivity contribution in [2.24, 2.45) is 10.9 Å². The number of nitrogens with one attached hydrogen (secondary N) is 2. The zero-order valence-corrected chi connectivity index (χ0v) is 18.7. The number of aliphatic imine (C=N–C) groups is 1. The van der Waals surface area contributed by atoms with Crippen molar-refractivity contribution in [2.75, 3.05) is 46.9 Å². The second-order valence-electron chi connectivity index (χ2n) is 6.18. The molecule has 0 radical (unpaired) electrons. The molecule has 0 bridgehead atoms. The average Bonchev–Trinajstić information content (AvgIpc) is 3.07. The Balaban J connectivity index is 0.00000312. The van der Waals surface area contributed by atoms with E-state index in [1.54, 1.807) is 18.4 Å². The molecule has 144 valence electrons. The van der Waals surface area contributed by atoms with Gasteiger partial charge >= 0.3 is 0 Å². The zero-order chi connectivity index (χ0) is 17.2. The maximum Gasteiger partial charge on any atom is 0.191 e. The van der Waals surface area contributed by atoms with E-state index in [2.05, 4.69) is 37.8 Å². The molecule has 0 amide bonds. The van der Waals surface area contributed by atoms with E-state index in [-0.39, 0.29) is 24.0 Å². The summed E-state index contributed by atoms with van der Waals surface area (Å²) < 4.78 is 5.05. The minimum atomic E-state index is 0. The summed E-state index contributed by atoms with van der Waals surface area (Å²) in [7, 11) is 3.52. The summed E-state index contributed by atoms with van der Waals surface area (Å²) in [6, 6.07) is 0. The number of hydrogen-bond acceptors (Lipinski definition) is 5. The molecule has 25 heavy (non-hydrogen) atoms. The fraction of sp³-hybridized carbons (Fsp3) is 0.765. The first-order valence-electron chi connectivity index (χ1n) is 8.84. The largest absolute Gasteiger partial charge is 0.383 e. The first kappa shape index (κ1) is 22.6. The van der Waals surface area contributed by atoms with Crippen LogP contribution in [0, 0.1) is 5.92 Å². The lowest BCUT2D eigenvalue weighted by Gasteiger charge is -2.31. The Morgan fingerprint density at radius 1 is 1.40 bits per heavy atom. The second kappa shape index (κ2) is 12.8. The highest BCUT2D eigenvalue weighted by Crippen LogP contribution is 2.19. The molecule has 0 aromatic carbocycles. The second-order valence-corrected chi connectivity index (χ2v) is 7.12. The number of halogens is 1. The van der Waals surface area contributed by atoms with Crippen molar-refractivity contribution in [1.82, 2.24) is 20.5 Å². The third-order valence-corrected chi connectivity index (χ3v) is 5.42. The van der Waals surface area contributed by atoms with Gasteiger partial charge in [0.2, 0.25) is 0 Å². The third kappa shape index (κ3) is 8.19. The summed E-state index contributed by atoms with van der Waals surface area (Å²) in [6.07, 6.45) is 3.50. The van der Waals surface area contributed by atoms with Gasteiger partial charge in [-0.25, -0.2) is 4.98 Å². The number of piperidine rings is 1. The molecule has 1 aromatic heterocycles. The standard InChI is InChI=1S/C17H31N5OS.HI/c1-4-16-21-15(13-24-16)12-22-8-5-14(6-9-22)11-20-17(18-2)19-7-10-23-3;/h13-14H,4-12H2,1-3H3,(H2,18,19,20);1H. The van der Waals surface area contributed by atoms with Gasteiger partial charge in [0.15, 0.2) is 5.96 Å². The minimum Gasteiger partial charge on any atom is -0.383 e. The Kier molecular flexibility index (Phi) is 11.6. The van der Waals surface area contributed by atoms with Crippen molar-refractivity contribution >= 4 is 41.3 Å². The van der Waals surface area contributed by atoms with Gasteiger partial charge in [-0.2, -0.15) is 0 Å². The minimum absolute atomic E-state index is 0. The third-order valence-electron chi connectivity index (χ3n) is 4.37. The number of thiazole rings is 1. The lowest BCUT2D eigenvalue weighted by Crippen LogP contribution is -2.43. The number of ether oxygens (including phenoxy) is 1. The number of nitrogens with zero attached hydrogens (tertiary/aromatic N) is 3. The highest BCUT2D eigenvalue weighted by molar-refractivity contribution is 14.0. The Morgan fingerprint density at radius 2 is 2.16 bits per heavy atom. The summed E-state index contributed by atoms with van der Waals surface area (Å²) in [5.74, 6) is 1.58. The van der Waals surface area contributed by atoms with Crippen LogP contribution in [0.15, 0.2) is 10.4 Å². The first-order chi connectivity index (χ1) is 11.7. The smallest absolute Gasteiger partial charge is 0.191 e. The summed E-state index contributed by atoms with van der Waals surface area (Å²) in [4.78, 5) is 11.4. The molecule has 0 aliphatic carbocycles. The highest BCUT2D eigenvalue weighted by atomic mass is 127. The molecule has 2 rings (SSSR count). The molecule has 2 N–H and O–H groups in total. The van der Waals surface area contributed by atoms with Crippen LogP contribution in [-0.2, 0) is 17.7 Å². The van der Waals surface area contributed by atoms with Crippen LogP contribution in [0.2, 0.25) is 0 Å². The molecule has 1 aliphatic rings. The highest BCUT2D eigenvalue weighted by Gasteiger charge is 2.20. The van der Waals surface area contributed by atoms with E-state index >= 15 is 0 Å². The lowest BCUT2D eigenvalue weighted by atomic mass is 9.97. The predicted molar refractivity (Wildman–Crippen MR) is 116 cm³/mol. The summed E-state index contributed by atoms with van der Waals surface area (Å²) >= 11 is 1.78. The van der Waals surface area contributed by atoms with Crippen LogP contribution in [0.25, 0.3) is 0 Å². The quantitative estimate of drug-likeness (QED) is 0.259. The number of likely N-dealkylation sites (tertiary alicyclic amines) is 1. The van der Waals surface area contributed by atoms with Gasteiger partial charge in [0, 0.05) is 39.2 Å². The molecule has 6 nitrogen and oxygen atoms in total. The molecule has 1 aromatic rings. The fourth-order valence-electron chi connectivity index (χ4n) is 2.89. The van der Waals surface area contributed by atoms with Crippen LogP contribution >= 0.6 is 35.3 Å². The topological polar surface area (TPSA) is 61.8 Å². The van der Waals surface area contributed by atoms with Gasteiger partial charge in [-0.05, 0) is 38.3 Å². The number of guanidine groups is 1. The van der Waals surface area contributed by atoms with Crippen molar-refractivity contribution in [3.05, 3.63) is 16.1 Å². The van der Waals surface area contributed by atoms with Gasteiger partial charge in [0.25, 0.3) is 0 Å². The van der Waals surface area contributed by atoms with Gasteiger partial charge < -0.3 is 15.4 Å². The number of hydrogen-bond donors (Lipinski definition) is 2. The summed E-state index contributed by atoms with van der Waals surface area (Å²) in [5, 5.41) is 10.1. The van der Waals surface area contributed by atoms with E-state index in [0.717, 1.165) is 45.1 Å². The van der Waals surface area contributed by atoms with Crippen LogP contribution in [0.5, 0.6) is 0 Å². The van der Waals surface area contributed by atoms with E-state index in [4.69, 9.17) is 4.74 Å². The molecule has 2 heterocycles. The van der Waals surface area contributed by atoms with E-state index in [9.17, 15) is 0 Å². The molecule has 1 fully saturated rings. The fourth-order valence-corrected chi connectivity index (χ4v) is 3.63. The van der Waals surface area contributed by atoms with Crippen LogP contribution < -0.4 is 10.6 Å². The van der Waals surface area contributed by atoms with Crippen LogP contribution in [0.4, 0.5) is 0 Å². The van der Waals surface area contributed by atoms with Crippen LogP contribution in [-0.4, -0.2) is 62.8 Å². The molecular formula is C17H32IN5OS. The van der Waals surface area contributed by atoms with Gasteiger partial charge in [-0.15, -0.1) is 35.3 Å². The van der Waals surface area contributed by atoms with E-state index in [1.165, 1.54) is 23.5 Å². The predicted octanol–water partition coefficient (Wildman–Crippen LogP) is 2.35. The Labute approximate surface area is 172 Å². The van der Waals surface area contributed by atoms with E-state index in [1.807, 2.05) is 7.05 Å². The van der Waals surface area contributed by atoms with Crippen molar-refractivity contribution in [3.63, 3.8) is 0 Å². The maximum absolute atomic E-state index is 5.05. The van der Waals surface area contributed by atoms with Crippen molar-refractivity contribution in [1.29, 1.82) is 0 Å². The molecule has 1 saturated heterocycles. The zero-order valence-electron chi connectivity index (χ0n) is 15.6. The molecule has 8 heteroatoms. The molecule has 0 saturated carbocycles. The van der Waals surface area contributed by atoms with Gasteiger partial charge in [0.1, 0.15) is 0 Å². The first-order valence-corrected chi connectivity index (χ1v) is 9.72. The monoisotopic (exact) mass is 481 g/mol. The SMILES string of the molecule is CCc1nc(CN2CCC(CNC(=NC)NCCOC)CC2)cs1.I. The number of aromatic nitrogens is 1. The molecule has 0 atom stereocenters. The van der Waals surface area contributed by atoms with Crippen molar-refractivity contribution in [2.45, 2.75) is 32.7 Å². The maximum atomic E-state index is 5.05. The van der Waals surface area contributed by atoms with E-state index < -0.39 is 0 Å². The van der Waals surface area contributed by atoms with Gasteiger partial charge in [-0.3, -0.25) is 9.89 Å². The van der Waals surface area contributed by atoms with Gasteiger partial charge in [0.05, 0.1) is 17.3 Å². The van der Waals surface area contributed by atoms with Crippen LogP contribution in [0.3, 0.4) is 0 Å². The van der Waals surface area contributed by atoms with Crippen molar-refractivity contribution in [3.8, 4) is 0 Å². The molecule has 0 unspecified atom stereocenters. The summed E-state index contributed by atoms with van der Waals surface area (Å²) in [5.41, 5.74) is 1.23. The lowest BCUT2D eigenvalue weighted by molar-refractivity contribution is 0.176. The Bertz CT molecular complexity index is 503. The number of methoxy groups -OCH3 is 1. The Hall–Kier alpha value is -0.450. The number of aryl methyl sites for hydroxylation is 1. The van der Waals surface area contributed by atoms with E-state index in [0.29, 0.717) is 12.5 Å². The molecular weight excluding hydrogens is 449 g/mol. The molecule has 0 spiro atoms. The van der Waals surface area contributed by atoms with Crippen molar-refractivity contribution < 1.29 is 4.74 Å². The van der Waals surface area contributed by atoms with Gasteiger partial charge in [-0.1, -0.05) is 6.92 Å². The summed E-state index contributed by atoms with van der Waals surface area (Å²) in [6.45, 7) is 7.92. The molecule has 1 aliphatic heterocycles. The average molecular weight is 481 g/mol. The number of rotatable bonds is 8. The normalized spacial score (nSPS) is 16.5. The van der Waals surface area contributed by atoms with Crippen LogP contribution in [0.1, 0.15) is 30.5 Å². The Morgan fingerprint density at radius 3 is 2.76 bits per heavy atom.